The number of unbranched alkanes of at least 4 members (excludes halogenated alkanes) is 1. The van der Waals surface area contributed by atoms with Crippen LogP contribution in [0.25, 0.3) is 21.9 Å². The molecule has 2 heterocycles. The lowest BCUT2D eigenvalue weighted by molar-refractivity contribution is -0.393. The molecule has 5 rings (SSSR count). The van der Waals surface area contributed by atoms with Gasteiger partial charge in [0.2, 0.25) is 59.1 Å². The van der Waals surface area contributed by atoms with E-state index >= 15 is 0 Å². The van der Waals surface area contributed by atoms with Gasteiger partial charge in [0, 0.05) is 60.1 Å². The average molecular weight is 1380 g/mol. The van der Waals surface area contributed by atoms with Crippen molar-refractivity contribution in [1.82, 2.24) is 53.7 Å². The summed E-state index contributed by atoms with van der Waals surface area (Å²) in [5.41, 5.74) is 10.7. The van der Waals surface area contributed by atoms with Gasteiger partial charge in [-0.3, -0.25) is 77.8 Å². The fraction of sp³-hybridized carbons (Fsp3) is 0.417. The number of nitrogens with two attached hydrogens (primary N) is 2. The number of non-ortho nitro benzene ring substituents is 1. The van der Waals surface area contributed by atoms with E-state index in [1.165, 1.54) is 44.9 Å². The van der Waals surface area contributed by atoms with Gasteiger partial charge in [-0.25, -0.2) is 4.79 Å². The van der Waals surface area contributed by atoms with E-state index in [-0.39, 0.29) is 67.4 Å². The Balaban J connectivity index is 0.0000200. The standard InChI is InChI=1S/C60H74N14O21S.H3N/c1-30(2)53(72-48(76)22-31-23-52(82)95-46-25-34(94-3)13-14-36(31)46)60(89)71-44(27-51(80)81)59(88)68-40(16-17-47(61)75)56(85)69-41(18-20-96-4)57(86)70-43(26-50(78)79)55(84)65-29-49(77)66-42(21-32-28-64-37-10-6-5-9-35(32)37)58(87)67-39(54(62)83)11-7-8-19-63-38-15-12-33(73(90)91)24-45(38)74(92)93;/h5-6,9-10,12-15,23-25,28,30,39-44,53,63-64H,7-8,11,16-22,26-27,29H2,1-4H3,(H2,61,75)(H2,62,83)(H,65,84)(H,66,77)(H,67,87)(H,68,88)(H,69,85)(H,70,86)(H,71,89)(H,72,76)(H,78,79)(H,80,81);1H3/t39-,40-,41-,42-,43-,44-,53-;/m0./s1. The third kappa shape index (κ3) is 24.2. The first kappa shape index (κ1) is 78.2. The van der Waals surface area contributed by atoms with Gasteiger partial charge >= 0.3 is 17.6 Å². The van der Waals surface area contributed by atoms with E-state index < -0.39 is 185 Å². The molecule has 3 aromatic carbocycles. The van der Waals surface area contributed by atoms with Crippen molar-refractivity contribution in [3.05, 3.63) is 115 Å². The first-order chi connectivity index (χ1) is 45.5. The Morgan fingerprint density at radius 2 is 1.27 bits per heavy atom. The molecule has 0 unspecified atom stereocenters. The van der Waals surface area contributed by atoms with Gasteiger partial charge in [-0.15, -0.1) is 0 Å². The maximum Gasteiger partial charge on any atom is 0.336 e. The lowest BCUT2D eigenvalue weighted by atomic mass is 10.0. The Labute approximate surface area is 555 Å². The number of benzene rings is 3. The number of carboxylic acid groups (broad SMARTS) is 2. The van der Waals surface area contributed by atoms with Crippen molar-refractivity contribution in [2.75, 3.05) is 37.5 Å². The number of H-pyrrole nitrogens is 1. The molecule has 0 aliphatic rings. The second-order valence-electron chi connectivity index (χ2n) is 22.1. The van der Waals surface area contributed by atoms with E-state index in [2.05, 4.69) is 52.8 Å². The maximum atomic E-state index is 14.1. The number of anilines is 1. The summed E-state index contributed by atoms with van der Waals surface area (Å²) >= 11 is 1.19. The minimum atomic E-state index is -1.95. The molecule has 2 aromatic heterocycles. The predicted molar refractivity (Wildman–Crippen MR) is 348 cm³/mol. The minimum Gasteiger partial charge on any atom is -0.497 e. The lowest BCUT2D eigenvalue weighted by Crippen LogP contribution is -2.60. The third-order valence-electron chi connectivity index (χ3n) is 14.7. The molecule has 0 radical (unpaired) electrons. The molecule has 524 valence electrons. The highest BCUT2D eigenvalue weighted by atomic mass is 32.2. The molecule has 0 bridgehead atoms. The number of hydrogen-bond acceptors (Lipinski definition) is 22. The molecule has 0 aliphatic carbocycles. The highest BCUT2D eigenvalue weighted by Crippen LogP contribution is 2.29. The highest BCUT2D eigenvalue weighted by Gasteiger charge is 2.36. The van der Waals surface area contributed by atoms with E-state index in [4.69, 9.17) is 20.6 Å². The van der Waals surface area contributed by atoms with Gasteiger partial charge in [-0.1, -0.05) is 32.0 Å². The number of nitrogens with zero attached hydrogens (tertiary/aromatic N) is 2. The summed E-state index contributed by atoms with van der Waals surface area (Å²) in [6, 6.07) is 4.11. The number of thioether (sulfide) groups is 1. The number of methoxy groups -OCH3 is 1. The normalized spacial score (nSPS) is 13.1. The van der Waals surface area contributed by atoms with Crippen LogP contribution >= 0.6 is 11.8 Å². The van der Waals surface area contributed by atoms with Gasteiger partial charge in [0.15, 0.2) is 0 Å². The summed E-state index contributed by atoms with van der Waals surface area (Å²) in [6.45, 7) is 2.22. The number of primary amides is 2. The van der Waals surface area contributed by atoms with Gasteiger partial charge in [0.05, 0.1) is 48.8 Å². The van der Waals surface area contributed by atoms with Gasteiger partial charge in [-0.2, -0.15) is 11.8 Å². The number of fused-ring (bicyclic) bond motifs is 2. The van der Waals surface area contributed by atoms with Crippen LogP contribution in [-0.2, 0) is 70.4 Å². The van der Waals surface area contributed by atoms with Crippen LogP contribution in [0.15, 0.2) is 82.1 Å². The number of carboxylic acids is 2. The Hall–Kier alpha value is -11.2. The monoisotopic (exact) mass is 1380 g/mol. The molecule has 0 spiro atoms. The smallest absolute Gasteiger partial charge is 0.336 e. The summed E-state index contributed by atoms with van der Waals surface area (Å²) in [4.78, 5) is 197. The van der Waals surface area contributed by atoms with Crippen LogP contribution in [0.4, 0.5) is 17.1 Å². The molecular formula is C60H77N15O21S. The number of aliphatic carboxylic acids is 2. The topological polar surface area (TPSA) is 582 Å². The quantitative estimate of drug-likeness (QED) is 0.0106. The molecule has 0 saturated heterocycles. The van der Waals surface area contributed by atoms with E-state index in [0.717, 1.165) is 18.2 Å². The van der Waals surface area contributed by atoms with Crippen LogP contribution in [-0.4, -0.2) is 171 Å². The molecule has 0 fully saturated rings. The van der Waals surface area contributed by atoms with Crippen LogP contribution in [0, 0.1) is 26.1 Å². The van der Waals surface area contributed by atoms with Crippen LogP contribution in [0.2, 0.25) is 0 Å². The fourth-order valence-electron chi connectivity index (χ4n) is 9.78. The molecule has 36 nitrogen and oxygen atoms in total. The van der Waals surface area contributed by atoms with Crippen molar-refractivity contribution >= 4 is 122 Å². The summed E-state index contributed by atoms with van der Waals surface area (Å²) in [7, 11) is 1.40. The molecule has 5 aromatic rings. The van der Waals surface area contributed by atoms with E-state index in [1.54, 1.807) is 48.9 Å². The molecule has 19 N–H and O–H groups in total. The zero-order valence-corrected chi connectivity index (χ0v) is 53.9. The Morgan fingerprint density at radius 1 is 0.660 bits per heavy atom. The average Bonchev–Trinajstić information content (AvgIpc) is 1.83. The van der Waals surface area contributed by atoms with Gasteiger partial charge in [-0.05, 0) is 85.4 Å². The SMILES string of the molecule is COc1ccc2c(CC(=O)N[C@H](C(=O)N[C@@H](CC(=O)O)C(=O)N[C@@H](CCC(N)=O)C(=O)N[C@@H](CCSC)C(=O)N[C@@H](CC(=O)O)C(=O)NCC(=O)N[C@@H](Cc3c[nH]c4ccccc34)C(=O)N[C@@H](CCCCNc3ccc([N+](=O)[O-])cc3[N+](=O)[O-])C(N)=O)C(C)C)cc(=O)oc2c1.N. The number of nitro benzene ring substituents is 2. The molecule has 97 heavy (non-hydrogen) atoms. The Kier molecular flexibility index (Phi) is 30.3. The number of nitro groups is 2. The summed E-state index contributed by atoms with van der Waals surface area (Å²) in [6.07, 6.45) is -0.569. The predicted octanol–water partition coefficient (Wildman–Crippen LogP) is -0.0520. The van der Waals surface area contributed by atoms with E-state index in [9.17, 15) is 92.8 Å². The van der Waals surface area contributed by atoms with Crippen LogP contribution in [0.1, 0.15) is 76.3 Å². The van der Waals surface area contributed by atoms with E-state index in [1.807, 2.05) is 0 Å². The Bertz CT molecular complexity index is 3810. The Morgan fingerprint density at radius 3 is 1.88 bits per heavy atom. The molecule has 0 saturated carbocycles. The number of rotatable bonds is 40. The fourth-order valence-corrected chi connectivity index (χ4v) is 10.2. The largest absolute Gasteiger partial charge is 0.497 e. The van der Waals surface area contributed by atoms with Crippen molar-refractivity contribution in [2.24, 2.45) is 17.4 Å². The summed E-state index contributed by atoms with van der Waals surface area (Å²) < 4.78 is 10.4. The third-order valence-corrected chi connectivity index (χ3v) is 15.3. The zero-order valence-electron chi connectivity index (χ0n) is 53.1. The maximum absolute atomic E-state index is 14.1. The minimum absolute atomic E-state index is 0. The lowest BCUT2D eigenvalue weighted by Gasteiger charge is -2.27. The summed E-state index contributed by atoms with van der Waals surface area (Å²) in [5, 5.41) is 65.2. The molecule has 7 atom stereocenters. The van der Waals surface area contributed by atoms with E-state index in [0.29, 0.717) is 27.6 Å². The molecule has 10 amide bonds. The number of aromatic nitrogens is 1. The van der Waals surface area contributed by atoms with Gasteiger partial charge in [0.25, 0.3) is 11.4 Å². The van der Waals surface area contributed by atoms with Crippen molar-refractivity contribution in [3.8, 4) is 5.75 Å². The van der Waals surface area contributed by atoms with Crippen LogP contribution < -0.4 is 75.8 Å². The number of amides is 10. The number of aromatic amines is 1. The number of nitrogens with one attached hydrogen (secondary N) is 10. The van der Waals surface area contributed by atoms with Gasteiger partial charge < -0.3 is 89.8 Å². The second kappa shape index (κ2) is 37.6. The van der Waals surface area contributed by atoms with Crippen molar-refractivity contribution in [3.63, 3.8) is 0 Å². The summed E-state index contributed by atoms with van der Waals surface area (Å²) in [5.74, 6) is -14.0. The van der Waals surface area contributed by atoms with Gasteiger partial charge in [0.1, 0.15) is 59.3 Å². The number of hydrogen-bond donors (Lipinski definition) is 15. The van der Waals surface area contributed by atoms with Crippen molar-refractivity contribution in [1.29, 1.82) is 0 Å². The van der Waals surface area contributed by atoms with Crippen LogP contribution in [0.3, 0.4) is 0 Å². The first-order valence-electron chi connectivity index (χ1n) is 29.7. The number of carbonyl (C=O) groups is 12. The number of ether oxygens (including phenoxy) is 1. The zero-order chi connectivity index (χ0) is 70.9. The first-order valence-corrected chi connectivity index (χ1v) is 31.1. The van der Waals surface area contributed by atoms with Crippen molar-refractivity contribution < 1.29 is 86.7 Å². The molecule has 37 heteroatoms. The molecule has 0 aliphatic heterocycles. The highest BCUT2D eigenvalue weighted by molar-refractivity contribution is 7.98. The second-order valence-corrected chi connectivity index (χ2v) is 23.1. The molecular weight excluding hydrogens is 1300 g/mol. The number of carbonyl (C=O) groups excluding carboxylic acids is 10. The van der Waals surface area contributed by atoms with Crippen molar-refractivity contribution in [2.45, 2.75) is 120 Å². The van der Waals surface area contributed by atoms with Crippen LogP contribution in [0.5, 0.6) is 5.75 Å². The number of para-hydroxylation sites is 1.